The number of nitrogens with zero attached hydrogens (tertiary/aromatic N) is 4. The number of halogens is 3. The van der Waals surface area contributed by atoms with Gasteiger partial charge in [0.2, 0.25) is 0 Å². The number of fused-ring (bicyclic) bond motifs is 1. The number of imidazole rings is 1. The zero-order valence-corrected chi connectivity index (χ0v) is 23.3. The lowest BCUT2D eigenvalue weighted by Gasteiger charge is -2.17. The maximum Gasteiger partial charge on any atom is 0.416 e. The Morgan fingerprint density at radius 2 is 1.67 bits per heavy atom. The lowest BCUT2D eigenvalue weighted by atomic mass is 10.1. The number of pyridine rings is 2. The van der Waals surface area contributed by atoms with E-state index in [0.29, 0.717) is 0 Å². The summed E-state index contributed by atoms with van der Waals surface area (Å²) in [5.74, 6) is 0. The van der Waals surface area contributed by atoms with Gasteiger partial charge in [-0.2, -0.15) is 13.2 Å². The van der Waals surface area contributed by atoms with Crippen LogP contribution in [0.15, 0.2) is 91.4 Å². The number of anilines is 1. The van der Waals surface area contributed by atoms with Crippen molar-refractivity contribution in [1.82, 2.24) is 24.6 Å². The summed E-state index contributed by atoms with van der Waals surface area (Å²) >= 11 is 0. The summed E-state index contributed by atoms with van der Waals surface area (Å²) < 4.78 is 40.8. The molecular formula is C32H31F3N6O. The lowest BCUT2D eigenvalue weighted by Crippen LogP contribution is -2.28. The number of nitrogens with one attached hydrogen (secondary N) is 2. The van der Waals surface area contributed by atoms with Crippen LogP contribution < -0.4 is 10.6 Å². The fraction of sp³-hybridized carbons (Fsp3) is 0.219. The number of amides is 2. The van der Waals surface area contributed by atoms with Crippen LogP contribution in [-0.2, 0) is 19.3 Å². The molecule has 0 atom stereocenters. The van der Waals surface area contributed by atoms with Crippen molar-refractivity contribution in [2.24, 2.45) is 0 Å². The molecular weight excluding hydrogens is 541 g/mol. The van der Waals surface area contributed by atoms with Crippen molar-refractivity contribution in [2.75, 3.05) is 18.4 Å². The van der Waals surface area contributed by atoms with Crippen molar-refractivity contribution in [3.05, 3.63) is 108 Å². The van der Waals surface area contributed by atoms with Gasteiger partial charge < -0.3 is 10.6 Å². The molecule has 0 aliphatic carbocycles. The van der Waals surface area contributed by atoms with Gasteiger partial charge in [0.1, 0.15) is 5.65 Å². The van der Waals surface area contributed by atoms with Crippen LogP contribution in [0.5, 0.6) is 0 Å². The average molecular weight is 573 g/mol. The molecule has 10 heteroatoms. The Balaban J connectivity index is 1.24. The Hall–Kier alpha value is -4.70. The number of carbonyl (C=O) groups excluding carboxylic acids is 1. The topological polar surface area (TPSA) is 74.6 Å². The van der Waals surface area contributed by atoms with Gasteiger partial charge in [-0.15, -0.1) is 0 Å². The van der Waals surface area contributed by atoms with Crippen LogP contribution in [-0.4, -0.2) is 38.4 Å². The summed E-state index contributed by atoms with van der Waals surface area (Å²) in [5, 5.41) is 5.12. The summed E-state index contributed by atoms with van der Waals surface area (Å²) in [6.45, 7) is 7.26. The third kappa shape index (κ3) is 6.77. The number of rotatable bonds is 9. The summed E-state index contributed by atoms with van der Waals surface area (Å²) in [6, 6.07) is 19.9. The highest BCUT2D eigenvalue weighted by Gasteiger charge is 2.30. The minimum absolute atomic E-state index is 0.0671. The standard InChI is InChI=1S/C32H31F3N6O/c1-3-40(4-2)21-28-16-24(12-14-36-28)25-13-15-41-29(20-37-30(41)17-25)23-10-8-22(9-11-23)19-38-31(42)39-27-7-5-6-26(18-27)32(33,34)35/h5-18,20H,3-4,19,21H2,1-2H3,(H2,38,39,42). The third-order valence-corrected chi connectivity index (χ3v) is 7.09. The smallest absolute Gasteiger partial charge is 0.334 e. The van der Waals surface area contributed by atoms with Gasteiger partial charge in [0.25, 0.3) is 0 Å². The summed E-state index contributed by atoms with van der Waals surface area (Å²) in [6.07, 6.45) is 1.20. The molecule has 0 aliphatic rings. The first-order valence-electron chi connectivity index (χ1n) is 13.7. The fourth-order valence-corrected chi connectivity index (χ4v) is 4.72. The third-order valence-electron chi connectivity index (χ3n) is 7.09. The molecule has 0 aliphatic heterocycles. The molecule has 3 heterocycles. The number of aromatic nitrogens is 3. The molecule has 0 fully saturated rings. The van der Waals surface area contributed by atoms with E-state index >= 15 is 0 Å². The molecule has 0 saturated carbocycles. The first-order chi connectivity index (χ1) is 20.2. The molecule has 216 valence electrons. The number of hydrogen-bond donors (Lipinski definition) is 2. The number of urea groups is 1. The second-order valence-corrected chi connectivity index (χ2v) is 9.87. The molecule has 42 heavy (non-hydrogen) atoms. The van der Waals surface area contributed by atoms with E-state index in [9.17, 15) is 18.0 Å². The largest absolute Gasteiger partial charge is 0.416 e. The molecule has 0 spiro atoms. The highest BCUT2D eigenvalue weighted by atomic mass is 19.4. The van der Waals surface area contributed by atoms with E-state index in [1.54, 1.807) is 0 Å². The predicted octanol–water partition coefficient (Wildman–Crippen LogP) is 7.25. The minimum atomic E-state index is -4.48. The van der Waals surface area contributed by atoms with Crippen molar-refractivity contribution >= 4 is 17.4 Å². The molecule has 0 saturated heterocycles. The monoisotopic (exact) mass is 572 g/mol. The summed E-state index contributed by atoms with van der Waals surface area (Å²) in [7, 11) is 0. The molecule has 3 aromatic heterocycles. The van der Waals surface area contributed by atoms with Crippen molar-refractivity contribution in [3.8, 4) is 22.4 Å². The number of alkyl halides is 3. The molecule has 0 radical (unpaired) electrons. The Morgan fingerprint density at radius 1 is 0.905 bits per heavy atom. The molecule has 2 N–H and O–H groups in total. The SMILES string of the molecule is CCN(CC)Cc1cc(-c2ccn3c(-c4ccc(CNC(=O)Nc5cccc(C(F)(F)F)c5)cc4)cnc3c2)ccn1. The normalized spacial score (nSPS) is 11.7. The highest BCUT2D eigenvalue weighted by Crippen LogP contribution is 2.31. The van der Waals surface area contributed by atoms with E-state index in [2.05, 4.69) is 57.5 Å². The molecule has 2 amide bonds. The van der Waals surface area contributed by atoms with Crippen molar-refractivity contribution in [2.45, 2.75) is 33.1 Å². The van der Waals surface area contributed by atoms with E-state index < -0.39 is 17.8 Å². The molecule has 0 unspecified atom stereocenters. The second kappa shape index (κ2) is 12.4. The number of carbonyl (C=O) groups is 1. The quantitative estimate of drug-likeness (QED) is 0.195. The first-order valence-corrected chi connectivity index (χ1v) is 13.7. The Labute approximate surface area is 242 Å². The Morgan fingerprint density at radius 3 is 2.40 bits per heavy atom. The molecule has 5 aromatic rings. The zero-order valence-electron chi connectivity index (χ0n) is 23.3. The van der Waals surface area contributed by atoms with Crippen LogP contribution >= 0.6 is 0 Å². The van der Waals surface area contributed by atoms with E-state index in [1.807, 2.05) is 53.3 Å². The van der Waals surface area contributed by atoms with Crippen molar-refractivity contribution < 1.29 is 18.0 Å². The van der Waals surface area contributed by atoms with Crippen molar-refractivity contribution in [3.63, 3.8) is 0 Å². The molecule has 2 aromatic carbocycles. The van der Waals surface area contributed by atoms with Gasteiger partial charge in [0, 0.05) is 36.7 Å². The first kappa shape index (κ1) is 28.8. The van der Waals surface area contributed by atoms with Crippen LogP contribution in [0.4, 0.5) is 23.7 Å². The van der Waals surface area contributed by atoms with Gasteiger partial charge in [0.05, 0.1) is 23.1 Å². The van der Waals surface area contributed by atoms with Gasteiger partial charge in [-0.05, 0) is 72.2 Å². The Kier molecular flexibility index (Phi) is 8.53. The maximum absolute atomic E-state index is 12.9. The number of hydrogen-bond acceptors (Lipinski definition) is 4. The highest BCUT2D eigenvalue weighted by molar-refractivity contribution is 5.89. The van der Waals surface area contributed by atoms with Gasteiger partial charge in [-0.25, -0.2) is 9.78 Å². The second-order valence-electron chi connectivity index (χ2n) is 9.87. The minimum Gasteiger partial charge on any atom is -0.334 e. The van der Waals surface area contributed by atoms with Gasteiger partial charge in [0.15, 0.2) is 0 Å². The van der Waals surface area contributed by atoms with Gasteiger partial charge >= 0.3 is 12.2 Å². The Bertz CT molecular complexity index is 1680. The molecule has 0 bridgehead atoms. The van der Waals surface area contributed by atoms with E-state index in [1.165, 1.54) is 12.1 Å². The van der Waals surface area contributed by atoms with E-state index in [4.69, 9.17) is 0 Å². The average Bonchev–Trinajstić information content (AvgIpc) is 3.42. The molecule has 7 nitrogen and oxygen atoms in total. The van der Waals surface area contributed by atoms with Crippen LogP contribution in [0.2, 0.25) is 0 Å². The van der Waals surface area contributed by atoms with Gasteiger partial charge in [-0.1, -0.05) is 44.2 Å². The van der Waals surface area contributed by atoms with Crippen molar-refractivity contribution in [1.29, 1.82) is 0 Å². The van der Waals surface area contributed by atoms with E-state index in [-0.39, 0.29) is 12.2 Å². The van der Waals surface area contributed by atoms with Crippen LogP contribution in [0.3, 0.4) is 0 Å². The van der Waals surface area contributed by atoms with Crippen LogP contribution in [0.25, 0.3) is 28.0 Å². The summed E-state index contributed by atoms with van der Waals surface area (Å²) in [4.78, 5) is 23.7. The predicted molar refractivity (Wildman–Crippen MR) is 158 cm³/mol. The van der Waals surface area contributed by atoms with Gasteiger partial charge in [-0.3, -0.25) is 14.3 Å². The van der Waals surface area contributed by atoms with Crippen LogP contribution in [0.1, 0.15) is 30.7 Å². The number of benzene rings is 2. The van der Waals surface area contributed by atoms with E-state index in [0.717, 1.165) is 71.1 Å². The summed E-state index contributed by atoms with van der Waals surface area (Å²) in [5.41, 5.74) is 5.97. The maximum atomic E-state index is 12.9. The zero-order chi connectivity index (χ0) is 29.7. The lowest BCUT2D eigenvalue weighted by molar-refractivity contribution is -0.137. The molecule has 5 rings (SSSR count). The fourth-order valence-electron chi connectivity index (χ4n) is 4.72. The van der Waals surface area contributed by atoms with Crippen LogP contribution in [0, 0.1) is 0 Å².